The molecule has 1 heterocycles. The topological polar surface area (TPSA) is 54.1 Å². The van der Waals surface area contributed by atoms with Gasteiger partial charge in [-0.15, -0.1) is 0 Å². The van der Waals surface area contributed by atoms with Gasteiger partial charge in [-0.1, -0.05) is 6.92 Å². The number of amides is 1. The minimum atomic E-state index is -0.127. The number of fused-ring (bicyclic) bond motifs is 1. The van der Waals surface area contributed by atoms with Crippen molar-refractivity contribution < 1.29 is 9.53 Å². The molecule has 2 aromatic rings. The van der Waals surface area contributed by atoms with E-state index in [1.54, 1.807) is 7.11 Å². The normalized spacial score (nSPS) is 16.1. The molecular weight excluding hydrogens is 320 g/mol. The van der Waals surface area contributed by atoms with Gasteiger partial charge in [0.15, 0.2) is 0 Å². The van der Waals surface area contributed by atoms with Crippen LogP contribution in [0.2, 0.25) is 0 Å². The van der Waals surface area contributed by atoms with Crippen molar-refractivity contribution in [3.05, 3.63) is 28.4 Å². The maximum absolute atomic E-state index is 11.9. The van der Waals surface area contributed by atoms with E-state index in [0.717, 1.165) is 39.7 Å². The summed E-state index contributed by atoms with van der Waals surface area (Å²) in [7, 11) is 1.65. The van der Waals surface area contributed by atoms with Crippen LogP contribution >= 0.6 is 15.9 Å². The fourth-order valence-corrected chi connectivity index (χ4v) is 2.75. The van der Waals surface area contributed by atoms with Gasteiger partial charge in [0.05, 0.1) is 18.1 Å². The van der Waals surface area contributed by atoms with Crippen LogP contribution < -0.4 is 10.1 Å². The molecule has 3 rings (SSSR count). The largest absolute Gasteiger partial charge is 0.496 e. The number of halogens is 1. The highest BCUT2D eigenvalue weighted by Gasteiger charge is 2.44. The van der Waals surface area contributed by atoms with Gasteiger partial charge < -0.3 is 15.0 Å². The lowest BCUT2D eigenvalue weighted by atomic mass is 10.1. The lowest BCUT2D eigenvalue weighted by molar-refractivity contribution is -0.125. The van der Waals surface area contributed by atoms with Crippen molar-refractivity contribution in [3.63, 3.8) is 0 Å². The van der Waals surface area contributed by atoms with Gasteiger partial charge in [0.2, 0.25) is 5.91 Å². The van der Waals surface area contributed by atoms with E-state index >= 15 is 0 Å². The van der Waals surface area contributed by atoms with E-state index in [1.165, 1.54) is 0 Å². The Morgan fingerprint density at radius 3 is 2.85 bits per heavy atom. The molecule has 0 atom stereocenters. The number of methoxy groups -OCH3 is 1. The summed E-state index contributed by atoms with van der Waals surface area (Å²) in [6.45, 7) is 2.54. The Morgan fingerprint density at radius 1 is 1.45 bits per heavy atom. The van der Waals surface area contributed by atoms with Crippen LogP contribution in [-0.4, -0.2) is 18.0 Å². The Balaban J connectivity index is 1.77. The molecule has 1 amide bonds. The molecule has 1 aliphatic carbocycles. The highest BCUT2D eigenvalue weighted by Crippen LogP contribution is 2.45. The summed E-state index contributed by atoms with van der Waals surface area (Å²) in [6.07, 6.45) is 1.99. The highest BCUT2D eigenvalue weighted by molar-refractivity contribution is 9.10. The van der Waals surface area contributed by atoms with Crippen LogP contribution in [0.4, 0.5) is 0 Å². The standard InChI is InChI=1S/C15H17BrN2O2/c1-15(3-4-15)14(19)17-8-10-5-9-6-13(20-2)11(16)7-12(9)18-10/h5-7,18H,3-4,8H2,1-2H3,(H,17,19). The lowest BCUT2D eigenvalue weighted by Crippen LogP contribution is -2.29. The van der Waals surface area contributed by atoms with Gasteiger partial charge in [-0.3, -0.25) is 4.79 Å². The molecule has 0 radical (unpaired) electrons. The van der Waals surface area contributed by atoms with Crippen LogP contribution in [0.3, 0.4) is 0 Å². The van der Waals surface area contributed by atoms with Crippen LogP contribution in [0.15, 0.2) is 22.7 Å². The molecule has 20 heavy (non-hydrogen) atoms. The highest BCUT2D eigenvalue weighted by atomic mass is 79.9. The van der Waals surface area contributed by atoms with Gasteiger partial charge in [-0.25, -0.2) is 0 Å². The maximum atomic E-state index is 11.9. The molecule has 0 saturated heterocycles. The van der Waals surface area contributed by atoms with Gasteiger partial charge in [0.25, 0.3) is 0 Å². The average Bonchev–Trinajstić information content (AvgIpc) is 3.05. The number of aromatic nitrogens is 1. The molecule has 0 bridgehead atoms. The van der Waals surface area contributed by atoms with Gasteiger partial charge in [0.1, 0.15) is 5.75 Å². The van der Waals surface area contributed by atoms with E-state index in [9.17, 15) is 4.79 Å². The summed E-state index contributed by atoms with van der Waals surface area (Å²) < 4.78 is 6.20. The quantitative estimate of drug-likeness (QED) is 0.899. The molecule has 1 aliphatic rings. The molecule has 2 N–H and O–H groups in total. The van der Waals surface area contributed by atoms with E-state index in [0.29, 0.717) is 6.54 Å². The fourth-order valence-electron chi connectivity index (χ4n) is 2.25. The molecular formula is C15H17BrN2O2. The van der Waals surface area contributed by atoms with Crippen LogP contribution in [0.25, 0.3) is 10.9 Å². The predicted molar refractivity (Wildman–Crippen MR) is 81.7 cm³/mol. The molecule has 4 nitrogen and oxygen atoms in total. The third-order valence-corrected chi connectivity index (χ3v) is 4.56. The smallest absolute Gasteiger partial charge is 0.226 e. The van der Waals surface area contributed by atoms with E-state index in [2.05, 4.69) is 26.2 Å². The number of aromatic amines is 1. The Labute approximate surface area is 126 Å². The molecule has 1 saturated carbocycles. The van der Waals surface area contributed by atoms with Crippen molar-refractivity contribution in [2.45, 2.75) is 26.3 Å². The molecule has 106 valence electrons. The van der Waals surface area contributed by atoms with E-state index in [4.69, 9.17) is 4.74 Å². The van der Waals surface area contributed by atoms with Crippen molar-refractivity contribution in [3.8, 4) is 5.75 Å². The SMILES string of the molecule is COc1cc2cc(CNC(=O)C3(C)CC3)[nH]c2cc1Br. The van der Waals surface area contributed by atoms with Crippen LogP contribution in [0.1, 0.15) is 25.5 Å². The zero-order valence-corrected chi connectivity index (χ0v) is 13.1. The first-order valence-electron chi connectivity index (χ1n) is 6.65. The summed E-state index contributed by atoms with van der Waals surface area (Å²) in [5.74, 6) is 0.951. The number of hydrogen-bond acceptors (Lipinski definition) is 2. The average molecular weight is 337 g/mol. The number of ether oxygens (including phenoxy) is 1. The molecule has 5 heteroatoms. The summed E-state index contributed by atoms with van der Waals surface area (Å²) in [5.41, 5.74) is 1.90. The van der Waals surface area contributed by atoms with Gasteiger partial charge in [0, 0.05) is 22.0 Å². The van der Waals surface area contributed by atoms with Crippen molar-refractivity contribution in [2.24, 2.45) is 5.41 Å². The summed E-state index contributed by atoms with van der Waals surface area (Å²) >= 11 is 3.47. The summed E-state index contributed by atoms with van der Waals surface area (Å²) in [4.78, 5) is 15.2. The number of carbonyl (C=O) groups is 1. The Morgan fingerprint density at radius 2 is 2.20 bits per heavy atom. The molecule has 0 spiro atoms. The Kier molecular flexibility index (Phi) is 3.24. The number of rotatable bonds is 4. The second kappa shape index (κ2) is 4.81. The van der Waals surface area contributed by atoms with Gasteiger partial charge in [-0.2, -0.15) is 0 Å². The third kappa shape index (κ3) is 2.42. The number of H-pyrrole nitrogens is 1. The van der Waals surface area contributed by atoms with Gasteiger partial charge >= 0.3 is 0 Å². The Bertz CT molecular complexity index is 674. The van der Waals surface area contributed by atoms with E-state index < -0.39 is 0 Å². The number of nitrogens with one attached hydrogen (secondary N) is 2. The monoisotopic (exact) mass is 336 g/mol. The number of carbonyl (C=O) groups excluding carboxylic acids is 1. The molecule has 1 aromatic heterocycles. The lowest BCUT2D eigenvalue weighted by Gasteiger charge is -2.08. The van der Waals surface area contributed by atoms with E-state index in [-0.39, 0.29) is 11.3 Å². The molecule has 1 fully saturated rings. The van der Waals surface area contributed by atoms with Crippen LogP contribution in [0.5, 0.6) is 5.75 Å². The first-order chi connectivity index (χ1) is 9.51. The van der Waals surface area contributed by atoms with Crippen LogP contribution in [0, 0.1) is 5.41 Å². The van der Waals surface area contributed by atoms with Crippen LogP contribution in [-0.2, 0) is 11.3 Å². The minimum absolute atomic E-state index is 0.127. The van der Waals surface area contributed by atoms with Crippen molar-refractivity contribution in [1.29, 1.82) is 0 Å². The second-order valence-electron chi connectivity index (χ2n) is 5.61. The Hall–Kier alpha value is -1.49. The molecule has 0 aliphatic heterocycles. The first-order valence-corrected chi connectivity index (χ1v) is 7.44. The summed E-state index contributed by atoms with van der Waals surface area (Å²) in [6, 6.07) is 6.00. The maximum Gasteiger partial charge on any atom is 0.226 e. The molecule has 1 aromatic carbocycles. The van der Waals surface area contributed by atoms with Crippen molar-refractivity contribution in [2.75, 3.05) is 7.11 Å². The zero-order valence-electron chi connectivity index (χ0n) is 11.5. The summed E-state index contributed by atoms with van der Waals surface area (Å²) in [5, 5.41) is 4.07. The van der Waals surface area contributed by atoms with E-state index in [1.807, 2.05) is 25.1 Å². The fraction of sp³-hybridized carbons (Fsp3) is 0.400. The number of benzene rings is 1. The minimum Gasteiger partial charge on any atom is -0.496 e. The zero-order chi connectivity index (χ0) is 14.3. The molecule has 0 unspecified atom stereocenters. The van der Waals surface area contributed by atoms with Crippen molar-refractivity contribution >= 4 is 32.7 Å². The third-order valence-electron chi connectivity index (χ3n) is 3.94. The first kappa shape index (κ1) is 13.5. The van der Waals surface area contributed by atoms with Crippen molar-refractivity contribution in [1.82, 2.24) is 10.3 Å². The predicted octanol–water partition coefficient (Wildman–Crippen LogP) is 3.36. The van der Waals surface area contributed by atoms with Gasteiger partial charge in [-0.05, 0) is 47.0 Å². The second-order valence-corrected chi connectivity index (χ2v) is 6.47. The number of hydrogen-bond donors (Lipinski definition) is 2.